The van der Waals surface area contributed by atoms with Gasteiger partial charge in [0.15, 0.2) is 0 Å². The van der Waals surface area contributed by atoms with Crippen molar-refractivity contribution in [2.45, 2.75) is 20.4 Å². The molecule has 112 valence electrons. The highest BCUT2D eigenvalue weighted by molar-refractivity contribution is 9.10. The van der Waals surface area contributed by atoms with Gasteiger partial charge in [0.1, 0.15) is 0 Å². The van der Waals surface area contributed by atoms with Crippen LogP contribution in [0.3, 0.4) is 0 Å². The van der Waals surface area contributed by atoms with Crippen molar-refractivity contribution >= 4 is 21.6 Å². The number of pyridine rings is 1. The molecule has 0 saturated heterocycles. The van der Waals surface area contributed by atoms with Gasteiger partial charge in [-0.15, -0.1) is 0 Å². The Hall–Kier alpha value is -1.39. The van der Waals surface area contributed by atoms with E-state index in [0.717, 1.165) is 47.7 Å². The van der Waals surface area contributed by atoms with Gasteiger partial charge in [-0.3, -0.25) is 9.88 Å². The molecule has 0 unspecified atom stereocenters. The molecule has 1 N–H and O–H groups in total. The van der Waals surface area contributed by atoms with Crippen LogP contribution in [-0.4, -0.2) is 29.5 Å². The smallest absolute Gasteiger partial charge is 0.0547 e. The first-order valence-electron chi connectivity index (χ1n) is 7.32. The summed E-state index contributed by atoms with van der Waals surface area (Å²) in [6, 6.07) is 14.4. The first-order valence-corrected chi connectivity index (χ1v) is 8.11. The van der Waals surface area contributed by atoms with Crippen LogP contribution < -0.4 is 5.32 Å². The van der Waals surface area contributed by atoms with E-state index in [1.165, 1.54) is 0 Å². The Bertz CT molecular complexity index is 571. The number of likely N-dealkylation sites (N-methyl/N-ethyl adjacent to an activating group) is 1. The zero-order valence-electron chi connectivity index (χ0n) is 12.6. The van der Waals surface area contributed by atoms with E-state index < -0.39 is 0 Å². The lowest BCUT2D eigenvalue weighted by molar-refractivity contribution is 0.287. The molecule has 1 aromatic heterocycles. The summed E-state index contributed by atoms with van der Waals surface area (Å²) < 4.78 is 1.10. The Kier molecular flexibility index (Phi) is 6.21. The Labute approximate surface area is 135 Å². The largest absolute Gasteiger partial charge is 0.383 e. The van der Waals surface area contributed by atoms with E-state index in [4.69, 9.17) is 0 Å². The van der Waals surface area contributed by atoms with Crippen molar-refractivity contribution in [2.24, 2.45) is 0 Å². The van der Waals surface area contributed by atoms with Crippen molar-refractivity contribution in [1.29, 1.82) is 0 Å². The molecule has 0 aliphatic rings. The van der Waals surface area contributed by atoms with Crippen LogP contribution in [0.25, 0.3) is 0 Å². The van der Waals surface area contributed by atoms with Crippen LogP contribution >= 0.6 is 15.9 Å². The summed E-state index contributed by atoms with van der Waals surface area (Å²) >= 11 is 3.56. The maximum atomic E-state index is 4.57. The SMILES string of the molecule is CCN(CCNc1ccccc1Br)Cc1cccc(C)n1. The molecule has 0 aliphatic carbocycles. The van der Waals surface area contributed by atoms with Crippen LogP contribution in [0.15, 0.2) is 46.9 Å². The Balaban J connectivity index is 1.84. The third-order valence-corrected chi connectivity index (χ3v) is 4.09. The van der Waals surface area contributed by atoms with Gasteiger partial charge in [-0.1, -0.05) is 25.1 Å². The normalized spacial score (nSPS) is 10.9. The summed E-state index contributed by atoms with van der Waals surface area (Å²) in [4.78, 5) is 6.97. The first-order chi connectivity index (χ1) is 10.2. The summed E-state index contributed by atoms with van der Waals surface area (Å²) in [5, 5.41) is 3.47. The highest BCUT2D eigenvalue weighted by Crippen LogP contribution is 2.20. The van der Waals surface area contributed by atoms with Crippen LogP contribution in [0, 0.1) is 6.92 Å². The quantitative estimate of drug-likeness (QED) is 0.817. The molecule has 0 bridgehead atoms. The maximum absolute atomic E-state index is 4.57. The van der Waals surface area contributed by atoms with E-state index in [1.807, 2.05) is 25.1 Å². The highest BCUT2D eigenvalue weighted by Gasteiger charge is 2.05. The molecule has 4 heteroatoms. The summed E-state index contributed by atoms with van der Waals surface area (Å²) in [7, 11) is 0. The molecule has 0 radical (unpaired) electrons. The number of anilines is 1. The molecule has 1 aromatic carbocycles. The van der Waals surface area contributed by atoms with Gasteiger partial charge in [0.25, 0.3) is 0 Å². The average molecular weight is 348 g/mol. The van der Waals surface area contributed by atoms with Crippen LogP contribution in [-0.2, 0) is 6.54 Å². The Morgan fingerprint density at radius 3 is 2.67 bits per heavy atom. The standard InChI is InChI=1S/C17H22BrN3/c1-3-21(13-15-8-6-7-14(2)20-15)12-11-19-17-10-5-4-9-16(17)18/h4-10,19H,3,11-13H2,1-2H3. The number of benzene rings is 1. The second-order valence-electron chi connectivity index (χ2n) is 5.05. The molecule has 0 atom stereocenters. The number of para-hydroxylation sites is 1. The van der Waals surface area contributed by atoms with E-state index in [9.17, 15) is 0 Å². The van der Waals surface area contributed by atoms with Gasteiger partial charge in [-0.05, 0) is 53.7 Å². The number of aromatic nitrogens is 1. The summed E-state index contributed by atoms with van der Waals surface area (Å²) in [6.45, 7) is 8.06. The van der Waals surface area contributed by atoms with Crippen molar-refractivity contribution in [3.63, 3.8) is 0 Å². The fourth-order valence-electron chi connectivity index (χ4n) is 2.22. The third kappa shape index (κ3) is 5.14. The molecule has 0 saturated carbocycles. The molecule has 3 nitrogen and oxygen atoms in total. The van der Waals surface area contributed by atoms with Gasteiger partial charge in [0.2, 0.25) is 0 Å². The predicted molar refractivity (Wildman–Crippen MR) is 92.6 cm³/mol. The van der Waals surface area contributed by atoms with Gasteiger partial charge in [0.05, 0.1) is 5.69 Å². The van der Waals surface area contributed by atoms with E-state index in [1.54, 1.807) is 0 Å². The van der Waals surface area contributed by atoms with Gasteiger partial charge < -0.3 is 5.32 Å². The molecule has 2 rings (SSSR count). The second kappa shape index (κ2) is 8.15. The second-order valence-corrected chi connectivity index (χ2v) is 5.90. The molecular formula is C17H22BrN3. The van der Waals surface area contributed by atoms with E-state index >= 15 is 0 Å². The third-order valence-electron chi connectivity index (χ3n) is 3.40. The fraction of sp³-hybridized carbons (Fsp3) is 0.353. The average Bonchev–Trinajstić information content (AvgIpc) is 2.48. The number of aryl methyl sites for hydroxylation is 1. The van der Waals surface area contributed by atoms with Gasteiger partial charge >= 0.3 is 0 Å². The number of halogens is 1. The van der Waals surface area contributed by atoms with E-state index in [2.05, 4.69) is 62.3 Å². The molecule has 0 spiro atoms. The lowest BCUT2D eigenvalue weighted by Gasteiger charge is -2.21. The minimum absolute atomic E-state index is 0.899. The van der Waals surface area contributed by atoms with Crippen molar-refractivity contribution in [3.05, 3.63) is 58.3 Å². The molecule has 0 aliphatic heterocycles. The topological polar surface area (TPSA) is 28.2 Å². The van der Waals surface area contributed by atoms with Gasteiger partial charge in [0, 0.05) is 35.5 Å². The summed E-state index contributed by atoms with van der Waals surface area (Å²) in [5.41, 5.74) is 3.36. The Morgan fingerprint density at radius 1 is 1.14 bits per heavy atom. The Morgan fingerprint density at radius 2 is 1.95 bits per heavy atom. The van der Waals surface area contributed by atoms with Crippen LogP contribution in [0.1, 0.15) is 18.3 Å². The molecule has 21 heavy (non-hydrogen) atoms. The van der Waals surface area contributed by atoms with Crippen LogP contribution in [0.5, 0.6) is 0 Å². The van der Waals surface area contributed by atoms with E-state index in [0.29, 0.717) is 0 Å². The zero-order valence-corrected chi connectivity index (χ0v) is 14.2. The van der Waals surface area contributed by atoms with E-state index in [-0.39, 0.29) is 0 Å². The lowest BCUT2D eigenvalue weighted by Crippen LogP contribution is -2.29. The van der Waals surface area contributed by atoms with Crippen molar-refractivity contribution in [3.8, 4) is 0 Å². The van der Waals surface area contributed by atoms with Crippen molar-refractivity contribution in [1.82, 2.24) is 9.88 Å². The minimum Gasteiger partial charge on any atom is -0.383 e. The highest BCUT2D eigenvalue weighted by atomic mass is 79.9. The molecule has 0 fully saturated rings. The monoisotopic (exact) mass is 347 g/mol. The van der Waals surface area contributed by atoms with Gasteiger partial charge in [-0.2, -0.15) is 0 Å². The first kappa shape index (κ1) is 16.0. The summed E-state index contributed by atoms with van der Waals surface area (Å²) in [5.74, 6) is 0. The van der Waals surface area contributed by atoms with Gasteiger partial charge in [-0.25, -0.2) is 0 Å². The number of nitrogens with one attached hydrogen (secondary N) is 1. The fourth-order valence-corrected chi connectivity index (χ4v) is 2.64. The minimum atomic E-state index is 0.899. The maximum Gasteiger partial charge on any atom is 0.0547 e. The van der Waals surface area contributed by atoms with Crippen LogP contribution in [0.4, 0.5) is 5.69 Å². The molecular weight excluding hydrogens is 326 g/mol. The summed E-state index contributed by atoms with van der Waals surface area (Å²) in [6.07, 6.45) is 0. The molecule has 0 amide bonds. The number of hydrogen-bond acceptors (Lipinski definition) is 3. The van der Waals surface area contributed by atoms with Crippen molar-refractivity contribution in [2.75, 3.05) is 25.0 Å². The number of hydrogen-bond donors (Lipinski definition) is 1. The zero-order chi connectivity index (χ0) is 15.1. The van der Waals surface area contributed by atoms with Crippen LogP contribution in [0.2, 0.25) is 0 Å². The predicted octanol–water partition coefficient (Wildman–Crippen LogP) is 4.09. The van der Waals surface area contributed by atoms with Crippen molar-refractivity contribution < 1.29 is 0 Å². The molecule has 1 heterocycles. The number of rotatable bonds is 7. The lowest BCUT2D eigenvalue weighted by atomic mass is 10.3. The molecule has 2 aromatic rings. The number of nitrogens with zero attached hydrogens (tertiary/aromatic N) is 2.